The molecule has 0 atom stereocenters. The Morgan fingerprint density at radius 1 is 0.889 bits per heavy atom. The third kappa shape index (κ3) is 6.14. The van der Waals surface area contributed by atoms with Crippen molar-refractivity contribution in [1.82, 2.24) is 5.32 Å². The highest BCUT2D eigenvalue weighted by molar-refractivity contribution is 5.96. The summed E-state index contributed by atoms with van der Waals surface area (Å²) in [6.45, 7) is 3.70. The van der Waals surface area contributed by atoms with Crippen LogP contribution < -0.4 is 21.3 Å². The van der Waals surface area contributed by atoms with Crippen LogP contribution in [0.4, 0.5) is 17.1 Å². The second-order valence-electron chi connectivity index (χ2n) is 6.28. The van der Waals surface area contributed by atoms with Crippen LogP contribution in [-0.2, 0) is 9.59 Å². The second-order valence-corrected chi connectivity index (χ2v) is 6.28. The van der Waals surface area contributed by atoms with Crippen molar-refractivity contribution < 1.29 is 14.4 Å². The van der Waals surface area contributed by atoms with Crippen LogP contribution in [0.5, 0.6) is 0 Å². The predicted octanol–water partition coefficient (Wildman–Crippen LogP) is 2.69. The van der Waals surface area contributed by atoms with Crippen molar-refractivity contribution in [2.24, 2.45) is 5.92 Å². The summed E-state index contributed by atoms with van der Waals surface area (Å²) in [6, 6.07) is 13.8. The van der Waals surface area contributed by atoms with Crippen LogP contribution in [-0.4, -0.2) is 31.3 Å². The van der Waals surface area contributed by atoms with E-state index in [1.165, 1.54) is 0 Å². The van der Waals surface area contributed by atoms with Crippen molar-refractivity contribution in [3.63, 3.8) is 0 Å². The molecule has 0 spiro atoms. The molecule has 0 aliphatic rings. The van der Waals surface area contributed by atoms with Gasteiger partial charge in [-0.1, -0.05) is 19.9 Å². The minimum Gasteiger partial charge on any atom is -0.376 e. The van der Waals surface area contributed by atoms with Crippen LogP contribution in [0.2, 0.25) is 0 Å². The number of nitrogens with one attached hydrogen (secondary N) is 4. The maximum absolute atomic E-state index is 12.1. The smallest absolute Gasteiger partial charge is 0.251 e. The molecule has 3 amide bonds. The van der Waals surface area contributed by atoms with E-state index in [0.717, 1.165) is 0 Å². The van der Waals surface area contributed by atoms with E-state index in [1.54, 1.807) is 55.6 Å². The van der Waals surface area contributed by atoms with Gasteiger partial charge in [-0.2, -0.15) is 0 Å². The number of carbonyl (C=O) groups is 3. The topological polar surface area (TPSA) is 99.3 Å². The fourth-order valence-electron chi connectivity index (χ4n) is 2.23. The Kier molecular flexibility index (Phi) is 6.93. The molecular formula is C20H24N4O3. The first-order valence-corrected chi connectivity index (χ1v) is 8.66. The molecule has 2 aromatic carbocycles. The molecule has 0 aromatic heterocycles. The van der Waals surface area contributed by atoms with E-state index in [-0.39, 0.29) is 30.2 Å². The highest BCUT2D eigenvalue weighted by Crippen LogP contribution is 2.15. The van der Waals surface area contributed by atoms with Crippen molar-refractivity contribution in [3.8, 4) is 0 Å². The van der Waals surface area contributed by atoms with Gasteiger partial charge in [0.05, 0.1) is 6.54 Å². The summed E-state index contributed by atoms with van der Waals surface area (Å²) in [4.78, 5) is 35.4. The van der Waals surface area contributed by atoms with Gasteiger partial charge in [0.2, 0.25) is 11.8 Å². The third-order valence-electron chi connectivity index (χ3n) is 3.77. The van der Waals surface area contributed by atoms with Crippen LogP contribution in [0.1, 0.15) is 24.2 Å². The SMILES string of the molecule is CNC(=O)c1cccc(NCC(=O)Nc2ccc(NC(=O)C(C)C)cc2)c1. The normalized spacial score (nSPS) is 10.2. The van der Waals surface area contributed by atoms with Crippen LogP contribution in [0.15, 0.2) is 48.5 Å². The van der Waals surface area contributed by atoms with Gasteiger partial charge in [-0.25, -0.2) is 0 Å². The summed E-state index contributed by atoms with van der Waals surface area (Å²) < 4.78 is 0. The molecule has 0 saturated heterocycles. The van der Waals surface area contributed by atoms with Crippen molar-refractivity contribution >= 4 is 34.8 Å². The lowest BCUT2D eigenvalue weighted by Gasteiger charge is -2.10. The molecule has 0 saturated carbocycles. The van der Waals surface area contributed by atoms with Gasteiger partial charge in [0, 0.05) is 35.6 Å². The molecule has 0 aliphatic carbocycles. The summed E-state index contributed by atoms with van der Waals surface area (Å²) in [5, 5.41) is 11.1. The number of benzene rings is 2. The number of hydrogen-bond acceptors (Lipinski definition) is 4. The lowest BCUT2D eigenvalue weighted by molar-refractivity contribution is -0.119. The van der Waals surface area contributed by atoms with Gasteiger partial charge in [-0.05, 0) is 42.5 Å². The van der Waals surface area contributed by atoms with Gasteiger partial charge in [-0.15, -0.1) is 0 Å². The number of anilines is 3. The van der Waals surface area contributed by atoms with Crippen molar-refractivity contribution in [3.05, 3.63) is 54.1 Å². The first-order chi connectivity index (χ1) is 12.9. The van der Waals surface area contributed by atoms with E-state index in [9.17, 15) is 14.4 Å². The molecule has 0 fully saturated rings. The maximum Gasteiger partial charge on any atom is 0.251 e. The van der Waals surface area contributed by atoms with Crippen molar-refractivity contribution in [1.29, 1.82) is 0 Å². The molecule has 0 bridgehead atoms. The summed E-state index contributed by atoms with van der Waals surface area (Å²) in [7, 11) is 1.56. The van der Waals surface area contributed by atoms with E-state index >= 15 is 0 Å². The number of rotatable bonds is 7. The highest BCUT2D eigenvalue weighted by atomic mass is 16.2. The molecule has 0 radical (unpaired) electrons. The fourth-order valence-corrected chi connectivity index (χ4v) is 2.23. The largest absolute Gasteiger partial charge is 0.376 e. The molecule has 2 aromatic rings. The Balaban J connectivity index is 1.87. The average molecular weight is 368 g/mol. The zero-order valence-corrected chi connectivity index (χ0v) is 15.6. The monoisotopic (exact) mass is 368 g/mol. The number of amides is 3. The van der Waals surface area contributed by atoms with Gasteiger partial charge < -0.3 is 21.3 Å². The number of carbonyl (C=O) groups excluding carboxylic acids is 3. The van der Waals surface area contributed by atoms with E-state index in [1.807, 2.05) is 13.8 Å². The Bertz CT molecular complexity index is 816. The molecule has 142 valence electrons. The van der Waals surface area contributed by atoms with Crippen LogP contribution in [0.25, 0.3) is 0 Å². The Hall–Kier alpha value is -3.35. The number of hydrogen-bond donors (Lipinski definition) is 4. The predicted molar refractivity (Wildman–Crippen MR) is 107 cm³/mol. The minimum atomic E-state index is -0.223. The standard InChI is InChI=1S/C20H24N4O3/c1-13(2)19(26)24-16-9-7-15(8-10-16)23-18(25)12-22-17-6-4-5-14(11-17)20(27)21-3/h4-11,13,22H,12H2,1-3H3,(H,21,27)(H,23,25)(H,24,26). The molecular weight excluding hydrogens is 344 g/mol. The lowest BCUT2D eigenvalue weighted by Crippen LogP contribution is -2.22. The molecule has 0 heterocycles. The van der Waals surface area contributed by atoms with Crippen molar-refractivity contribution in [2.45, 2.75) is 13.8 Å². The summed E-state index contributed by atoms with van der Waals surface area (Å²) in [5.41, 5.74) is 2.50. The Labute approximate surface area is 158 Å². The summed E-state index contributed by atoms with van der Waals surface area (Å²) >= 11 is 0. The van der Waals surface area contributed by atoms with Crippen LogP contribution >= 0.6 is 0 Å². The first kappa shape index (κ1) is 20.0. The quantitative estimate of drug-likeness (QED) is 0.604. The van der Waals surface area contributed by atoms with Gasteiger partial charge in [0.15, 0.2) is 0 Å². The molecule has 0 unspecified atom stereocenters. The Morgan fingerprint density at radius 2 is 1.52 bits per heavy atom. The van der Waals surface area contributed by atoms with E-state index < -0.39 is 0 Å². The van der Waals surface area contributed by atoms with E-state index in [0.29, 0.717) is 22.6 Å². The van der Waals surface area contributed by atoms with Crippen LogP contribution in [0, 0.1) is 5.92 Å². The van der Waals surface area contributed by atoms with Gasteiger partial charge in [0.1, 0.15) is 0 Å². The molecule has 4 N–H and O–H groups in total. The summed E-state index contributed by atoms with van der Waals surface area (Å²) in [5.74, 6) is -0.570. The fraction of sp³-hybridized carbons (Fsp3) is 0.250. The average Bonchev–Trinajstić information content (AvgIpc) is 2.67. The molecule has 2 rings (SSSR count). The first-order valence-electron chi connectivity index (χ1n) is 8.66. The summed E-state index contributed by atoms with van der Waals surface area (Å²) in [6.07, 6.45) is 0. The zero-order chi connectivity index (χ0) is 19.8. The molecule has 7 heteroatoms. The van der Waals surface area contributed by atoms with Gasteiger partial charge >= 0.3 is 0 Å². The zero-order valence-electron chi connectivity index (χ0n) is 15.6. The second kappa shape index (κ2) is 9.38. The van der Waals surface area contributed by atoms with E-state index in [4.69, 9.17) is 0 Å². The molecule has 0 aliphatic heterocycles. The third-order valence-corrected chi connectivity index (χ3v) is 3.77. The van der Waals surface area contributed by atoms with Crippen LogP contribution in [0.3, 0.4) is 0 Å². The lowest BCUT2D eigenvalue weighted by atomic mass is 10.2. The molecule has 27 heavy (non-hydrogen) atoms. The van der Waals surface area contributed by atoms with Crippen molar-refractivity contribution in [2.75, 3.05) is 29.5 Å². The van der Waals surface area contributed by atoms with E-state index in [2.05, 4.69) is 21.3 Å². The Morgan fingerprint density at radius 3 is 2.11 bits per heavy atom. The van der Waals surface area contributed by atoms with Gasteiger partial charge in [0.25, 0.3) is 5.91 Å². The highest BCUT2D eigenvalue weighted by Gasteiger charge is 2.08. The maximum atomic E-state index is 12.1. The van der Waals surface area contributed by atoms with Gasteiger partial charge in [-0.3, -0.25) is 14.4 Å². The minimum absolute atomic E-state index is 0.0586. The molecule has 7 nitrogen and oxygen atoms in total.